The van der Waals surface area contributed by atoms with Gasteiger partial charge in [-0.3, -0.25) is 0 Å². The van der Waals surface area contributed by atoms with Crippen LogP contribution in [0.1, 0.15) is 96.5 Å². The Kier molecular flexibility index (Phi) is 10.3. The Morgan fingerprint density at radius 3 is 2.06 bits per heavy atom. The first-order valence-corrected chi connectivity index (χ1v) is 12.8. The summed E-state index contributed by atoms with van der Waals surface area (Å²) in [5.74, 6) is 2.56. The minimum atomic E-state index is 0.622. The lowest BCUT2D eigenvalue weighted by Crippen LogP contribution is -2.15. The molecule has 170 valence electrons. The highest BCUT2D eigenvalue weighted by Gasteiger charge is 2.20. The first-order valence-electron chi connectivity index (χ1n) is 12.8. The number of hydrogen-bond donors (Lipinski definition) is 0. The van der Waals surface area contributed by atoms with Crippen molar-refractivity contribution in [2.24, 2.45) is 11.8 Å². The van der Waals surface area contributed by atoms with Gasteiger partial charge in [0.1, 0.15) is 0 Å². The summed E-state index contributed by atoms with van der Waals surface area (Å²) < 4.78 is 5.66. The van der Waals surface area contributed by atoms with Crippen LogP contribution in [0.3, 0.4) is 0 Å². The van der Waals surface area contributed by atoms with E-state index in [9.17, 15) is 0 Å². The Hall–Kier alpha value is -1.90. The fourth-order valence-electron chi connectivity index (χ4n) is 4.78. The van der Waals surface area contributed by atoms with Gasteiger partial charge in [0.05, 0.1) is 12.3 Å². The molecule has 0 aliphatic heterocycles. The van der Waals surface area contributed by atoms with Crippen LogP contribution in [-0.4, -0.2) is 16.8 Å². The maximum atomic E-state index is 5.66. The quantitative estimate of drug-likeness (QED) is 0.306. The largest absolute Gasteiger partial charge is 0.477 e. The van der Waals surface area contributed by atoms with E-state index in [1.807, 2.05) is 12.1 Å². The summed E-state index contributed by atoms with van der Waals surface area (Å²) in [7, 11) is 0. The van der Waals surface area contributed by atoms with Crippen LogP contribution in [0.2, 0.25) is 0 Å². The highest BCUT2D eigenvalue weighted by Crippen LogP contribution is 2.34. The molecule has 2 aromatic rings. The molecule has 1 aliphatic rings. The Labute approximate surface area is 190 Å². The van der Waals surface area contributed by atoms with Crippen LogP contribution < -0.4 is 4.74 Å². The minimum Gasteiger partial charge on any atom is -0.477 e. The van der Waals surface area contributed by atoms with Crippen LogP contribution >= 0.6 is 0 Å². The fraction of sp³-hybridized carbons (Fsp3) is 0.643. The summed E-state index contributed by atoms with van der Waals surface area (Å²) in [4.78, 5) is 0. The standard InChI is InChI=1S/C28H42N2O/c1-3-5-7-9-23-10-12-24(13-11-23)14-15-25-16-18-26(19-17-25)27-20-21-28(30-29-27)31-22-8-6-4-2/h16-21,23-24H,3-15,22H2,1-2H3. The molecule has 1 aliphatic carbocycles. The van der Waals surface area contributed by atoms with Crippen LogP contribution in [0.5, 0.6) is 5.88 Å². The number of rotatable bonds is 13. The molecule has 1 aromatic carbocycles. The zero-order chi connectivity index (χ0) is 21.7. The van der Waals surface area contributed by atoms with E-state index < -0.39 is 0 Å². The van der Waals surface area contributed by atoms with E-state index in [2.05, 4.69) is 48.3 Å². The van der Waals surface area contributed by atoms with E-state index in [1.165, 1.54) is 82.6 Å². The number of hydrogen-bond acceptors (Lipinski definition) is 3. The van der Waals surface area contributed by atoms with Gasteiger partial charge in [-0.1, -0.05) is 102 Å². The third-order valence-electron chi connectivity index (χ3n) is 6.91. The Bertz CT molecular complexity index is 718. The lowest BCUT2D eigenvalue weighted by molar-refractivity contribution is 0.249. The van der Waals surface area contributed by atoms with Crippen molar-refractivity contribution in [2.75, 3.05) is 6.61 Å². The summed E-state index contributed by atoms with van der Waals surface area (Å²) in [6.45, 7) is 5.22. The molecule has 0 radical (unpaired) electrons. The van der Waals surface area contributed by atoms with Crippen LogP contribution in [0.4, 0.5) is 0 Å². The van der Waals surface area contributed by atoms with Crippen molar-refractivity contribution in [2.45, 2.75) is 97.3 Å². The maximum Gasteiger partial charge on any atom is 0.233 e. The van der Waals surface area contributed by atoms with Crippen LogP contribution in [0.15, 0.2) is 36.4 Å². The first kappa shape index (κ1) is 23.8. The summed E-state index contributed by atoms with van der Waals surface area (Å²) >= 11 is 0. The predicted octanol–water partition coefficient (Wildman–Crippen LogP) is 8.03. The number of benzene rings is 1. The summed E-state index contributed by atoms with van der Waals surface area (Å²) in [5.41, 5.74) is 3.48. The average molecular weight is 423 g/mol. The van der Waals surface area contributed by atoms with Crippen molar-refractivity contribution in [3.05, 3.63) is 42.0 Å². The van der Waals surface area contributed by atoms with Crippen LogP contribution in [-0.2, 0) is 6.42 Å². The van der Waals surface area contributed by atoms with Gasteiger partial charge in [0.15, 0.2) is 0 Å². The second kappa shape index (κ2) is 13.5. The van der Waals surface area contributed by atoms with E-state index in [0.717, 1.165) is 36.1 Å². The number of ether oxygens (including phenoxy) is 1. The second-order valence-corrected chi connectivity index (χ2v) is 9.43. The van der Waals surface area contributed by atoms with Gasteiger partial charge in [-0.05, 0) is 42.7 Å². The molecular formula is C28H42N2O. The summed E-state index contributed by atoms with van der Waals surface area (Å²) in [6, 6.07) is 12.8. The average Bonchev–Trinajstić information content (AvgIpc) is 2.82. The molecule has 0 bridgehead atoms. The van der Waals surface area contributed by atoms with Gasteiger partial charge in [0.25, 0.3) is 0 Å². The number of aromatic nitrogens is 2. The Morgan fingerprint density at radius 2 is 1.42 bits per heavy atom. The van der Waals surface area contributed by atoms with Gasteiger partial charge in [-0.2, -0.15) is 0 Å². The van der Waals surface area contributed by atoms with Gasteiger partial charge in [0.2, 0.25) is 5.88 Å². The molecule has 1 saturated carbocycles. The molecule has 1 aromatic heterocycles. The van der Waals surface area contributed by atoms with Gasteiger partial charge in [-0.25, -0.2) is 0 Å². The molecular weight excluding hydrogens is 380 g/mol. The maximum absolute atomic E-state index is 5.66. The molecule has 1 heterocycles. The topological polar surface area (TPSA) is 35.0 Å². The molecule has 3 rings (SSSR count). The van der Waals surface area contributed by atoms with Crippen LogP contribution in [0.25, 0.3) is 11.3 Å². The minimum absolute atomic E-state index is 0.622. The second-order valence-electron chi connectivity index (χ2n) is 9.43. The number of aryl methyl sites for hydroxylation is 1. The lowest BCUT2D eigenvalue weighted by Gasteiger charge is -2.28. The third kappa shape index (κ3) is 8.27. The van der Waals surface area contributed by atoms with Crippen molar-refractivity contribution >= 4 is 0 Å². The van der Waals surface area contributed by atoms with Gasteiger partial charge in [0, 0.05) is 11.6 Å². The lowest BCUT2D eigenvalue weighted by atomic mass is 9.78. The Morgan fingerprint density at radius 1 is 0.742 bits per heavy atom. The van der Waals surface area contributed by atoms with E-state index in [-0.39, 0.29) is 0 Å². The van der Waals surface area contributed by atoms with Crippen molar-refractivity contribution in [1.82, 2.24) is 10.2 Å². The SMILES string of the molecule is CCCCCOc1ccc(-c2ccc(CCC3CCC(CCCCC)CC3)cc2)nn1. The molecule has 3 nitrogen and oxygen atoms in total. The predicted molar refractivity (Wildman–Crippen MR) is 130 cm³/mol. The van der Waals surface area contributed by atoms with Gasteiger partial charge < -0.3 is 4.74 Å². The molecule has 31 heavy (non-hydrogen) atoms. The van der Waals surface area contributed by atoms with Crippen molar-refractivity contribution in [3.63, 3.8) is 0 Å². The highest BCUT2D eigenvalue weighted by molar-refractivity contribution is 5.59. The zero-order valence-electron chi connectivity index (χ0n) is 19.8. The van der Waals surface area contributed by atoms with E-state index in [4.69, 9.17) is 4.74 Å². The fourth-order valence-corrected chi connectivity index (χ4v) is 4.78. The molecule has 0 spiro atoms. The molecule has 1 fully saturated rings. The number of nitrogens with zero attached hydrogens (tertiary/aromatic N) is 2. The number of unbranched alkanes of at least 4 members (excludes halogenated alkanes) is 4. The molecule has 0 N–H and O–H groups in total. The molecule has 0 saturated heterocycles. The van der Waals surface area contributed by atoms with Crippen molar-refractivity contribution in [3.8, 4) is 17.1 Å². The third-order valence-corrected chi connectivity index (χ3v) is 6.91. The first-order chi connectivity index (χ1) is 15.3. The Balaban J connectivity index is 1.39. The zero-order valence-corrected chi connectivity index (χ0v) is 19.8. The van der Waals surface area contributed by atoms with Crippen LogP contribution in [0, 0.1) is 11.8 Å². The van der Waals surface area contributed by atoms with E-state index >= 15 is 0 Å². The molecule has 3 heteroatoms. The van der Waals surface area contributed by atoms with E-state index in [1.54, 1.807) is 0 Å². The summed E-state index contributed by atoms with van der Waals surface area (Å²) in [6.07, 6.45) is 17.5. The summed E-state index contributed by atoms with van der Waals surface area (Å²) in [5, 5.41) is 8.59. The highest BCUT2D eigenvalue weighted by atomic mass is 16.5. The monoisotopic (exact) mass is 422 g/mol. The van der Waals surface area contributed by atoms with Crippen molar-refractivity contribution < 1.29 is 4.74 Å². The van der Waals surface area contributed by atoms with Gasteiger partial charge >= 0.3 is 0 Å². The molecule has 0 atom stereocenters. The molecule has 0 unspecified atom stereocenters. The van der Waals surface area contributed by atoms with Crippen molar-refractivity contribution in [1.29, 1.82) is 0 Å². The molecule has 0 amide bonds. The van der Waals surface area contributed by atoms with E-state index in [0.29, 0.717) is 5.88 Å². The van der Waals surface area contributed by atoms with Gasteiger partial charge in [-0.15, -0.1) is 10.2 Å². The smallest absolute Gasteiger partial charge is 0.233 e. The normalized spacial score (nSPS) is 18.8.